The third-order valence-corrected chi connectivity index (χ3v) is 4.13. The Labute approximate surface area is 94.5 Å². The maximum absolute atomic E-state index is 2.44. The summed E-state index contributed by atoms with van der Waals surface area (Å²) in [7, 11) is 0. The van der Waals surface area contributed by atoms with E-state index in [0.29, 0.717) is 0 Å². The summed E-state index contributed by atoms with van der Waals surface area (Å²) in [6.07, 6.45) is 18.3. The third-order valence-electron chi connectivity index (χ3n) is 4.13. The highest BCUT2D eigenvalue weighted by Gasteiger charge is 2.26. The van der Waals surface area contributed by atoms with Crippen LogP contribution in [0.25, 0.3) is 0 Å². The molecule has 0 saturated heterocycles. The molecule has 0 aromatic heterocycles. The standard InChI is InChI=1S/C15H24/c1-13-11-12-14-9-7-5-3-2-4-6-8-10-15(13)14/h5,7,9,13,15H,2-4,6,8,10-12H2,1H3/b7-5-,14-9-. The topological polar surface area (TPSA) is 0 Å². The molecule has 0 heterocycles. The summed E-state index contributed by atoms with van der Waals surface area (Å²) in [6.45, 7) is 2.44. The van der Waals surface area contributed by atoms with E-state index in [1.807, 2.05) is 0 Å². The van der Waals surface area contributed by atoms with E-state index in [1.54, 1.807) is 5.57 Å². The fourth-order valence-electron chi connectivity index (χ4n) is 3.09. The number of rotatable bonds is 0. The van der Waals surface area contributed by atoms with Crippen LogP contribution >= 0.6 is 0 Å². The summed E-state index contributed by atoms with van der Waals surface area (Å²) in [5.74, 6) is 1.85. The number of hydrogen-bond donors (Lipinski definition) is 0. The van der Waals surface area contributed by atoms with Crippen LogP contribution in [0.1, 0.15) is 58.3 Å². The summed E-state index contributed by atoms with van der Waals surface area (Å²) in [5.41, 5.74) is 1.74. The van der Waals surface area contributed by atoms with Crippen LogP contribution in [0.5, 0.6) is 0 Å². The van der Waals surface area contributed by atoms with Gasteiger partial charge in [0.15, 0.2) is 0 Å². The summed E-state index contributed by atoms with van der Waals surface area (Å²) < 4.78 is 0. The Balaban J connectivity index is 2.04. The Morgan fingerprint density at radius 2 is 1.93 bits per heavy atom. The number of hydrogen-bond acceptors (Lipinski definition) is 0. The number of fused-ring (bicyclic) bond motifs is 1. The SMILES string of the molecule is CC1CC/C2=C/C=C\CCCCCCC21. The molecule has 2 aliphatic carbocycles. The van der Waals surface area contributed by atoms with E-state index in [9.17, 15) is 0 Å². The van der Waals surface area contributed by atoms with Crippen molar-refractivity contribution in [1.82, 2.24) is 0 Å². The highest BCUT2D eigenvalue weighted by molar-refractivity contribution is 5.19. The van der Waals surface area contributed by atoms with Crippen molar-refractivity contribution in [3.05, 3.63) is 23.8 Å². The zero-order valence-electron chi connectivity index (χ0n) is 10.0. The van der Waals surface area contributed by atoms with Crippen LogP contribution in [-0.2, 0) is 0 Å². The Kier molecular flexibility index (Phi) is 4.05. The largest absolute Gasteiger partial charge is 0.0845 e. The minimum Gasteiger partial charge on any atom is -0.0845 e. The normalized spacial score (nSPS) is 38.6. The van der Waals surface area contributed by atoms with Gasteiger partial charge in [0.2, 0.25) is 0 Å². The molecule has 0 aliphatic heterocycles. The van der Waals surface area contributed by atoms with Gasteiger partial charge in [-0.2, -0.15) is 0 Å². The van der Waals surface area contributed by atoms with Crippen LogP contribution in [0.3, 0.4) is 0 Å². The lowest BCUT2D eigenvalue weighted by molar-refractivity contribution is 0.412. The summed E-state index contributed by atoms with van der Waals surface area (Å²) >= 11 is 0. The zero-order valence-corrected chi connectivity index (χ0v) is 10.0. The first kappa shape index (κ1) is 11.0. The molecule has 0 aromatic rings. The molecule has 0 nitrogen and oxygen atoms in total. The second kappa shape index (κ2) is 5.53. The predicted octanol–water partition coefficient (Wildman–Crippen LogP) is 4.87. The van der Waals surface area contributed by atoms with Gasteiger partial charge in [-0.25, -0.2) is 0 Å². The van der Waals surface area contributed by atoms with Crippen molar-refractivity contribution < 1.29 is 0 Å². The molecule has 2 atom stereocenters. The summed E-state index contributed by atoms with van der Waals surface area (Å²) in [5, 5.41) is 0. The van der Waals surface area contributed by atoms with Crippen molar-refractivity contribution in [2.24, 2.45) is 11.8 Å². The molecule has 2 unspecified atom stereocenters. The van der Waals surface area contributed by atoms with E-state index in [-0.39, 0.29) is 0 Å². The van der Waals surface area contributed by atoms with Crippen LogP contribution < -0.4 is 0 Å². The predicted molar refractivity (Wildman–Crippen MR) is 66.8 cm³/mol. The van der Waals surface area contributed by atoms with Crippen molar-refractivity contribution >= 4 is 0 Å². The van der Waals surface area contributed by atoms with Gasteiger partial charge in [0.1, 0.15) is 0 Å². The smallest absolute Gasteiger partial charge is 0.0174 e. The molecule has 0 N–H and O–H groups in total. The van der Waals surface area contributed by atoms with Gasteiger partial charge in [0, 0.05) is 0 Å². The molecule has 84 valence electrons. The molecule has 2 aliphatic rings. The molecular formula is C15H24. The van der Waals surface area contributed by atoms with Gasteiger partial charge >= 0.3 is 0 Å². The van der Waals surface area contributed by atoms with Crippen LogP contribution in [0.15, 0.2) is 23.8 Å². The van der Waals surface area contributed by atoms with E-state index in [2.05, 4.69) is 25.2 Å². The fourth-order valence-corrected chi connectivity index (χ4v) is 3.09. The van der Waals surface area contributed by atoms with E-state index in [4.69, 9.17) is 0 Å². The van der Waals surface area contributed by atoms with Gasteiger partial charge < -0.3 is 0 Å². The fraction of sp³-hybridized carbons (Fsp3) is 0.733. The molecule has 0 amide bonds. The van der Waals surface area contributed by atoms with Crippen molar-refractivity contribution in [1.29, 1.82) is 0 Å². The molecule has 0 radical (unpaired) electrons. The molecule has 15 heavy (non-hydrogen) atoms. The van der Waals surface area contributed by atoms with Crippen molar-refractivity contribution in [3.63, 3.8) is 0 Å². The summed E-state index contributed by atoms with van der Waals surface area (Å²) in [4.78, 5) is 0. The van der Waals surface area contributed by atoms with Crippen LogP contribution in [-0.4, -0.2) is 0 Å². The van der Waals surface area contributed by atoms with Crippen molar-refractivity contribution in [2.75, 3.05) is 0 Å². The number of allylic oxidation sites excluding steroid dienone is 4. The van der Waals surface area contributed by atoms with E-state index in [1.165, 1.54) is 51.4 Å². The maximum Gasteiger partial charge on any atom is -0.0174 e. The Morgan fingerprint density at radius 1 is 1.07 bits per heavy atom. The Bertz CT molecular complexity index is 247. The lowest BCUT2D eigenvalue weighted by Gasteiger charge is -2.16. The van der Waals surface area contributed by atoms with Gasteiger partial charge in [-0.1, -0.05) is 50.0 Å². The van der Waals surface area contributed by atoms with E-state index in [0.717, 1.165) is 11.8 Å². The molecule has 0 aromatic carbocycles. The highest BCUT2D eigenvalue weighted by Crippen LogP contribution is 2.39. The first-order chi connectivity index (χ1) is 7.38. The average Bonchev–Trinajstić information content (AvgIpc) is 2.56. The molecule has 0 heteroatoms. The molecule has 1 saturated carbocycles. The Hall–Kier alpha value is -0.520. The first-order valence-electron chi connectivity index (χ1n) is 6.73. The van der Waals surface area contributed by atoms with Gasteiger partial charge in [-0.3, -0.25) is 0 Å². The van der Waals surface area contributed by atoms with Gasteiger partial charge in [0.25, 0.3) is 0 Å². The van der Waals surface area contributed by atoms with Crippen molar-refractivity contribution in [2.45, 2.75) is 58.3 Å². The van der Waals surface area contributed by atoms with E-state index < -0.39 is 0 Å². The van der Waals surface area contributed by atoms with Crippen molar-refractivity contribution in [3.8, 4) is 0 Å². The van der Waals surface area contributed by atoms with Gasteiger partial charge in [-0.05, 0) is 43.9 Å². The lowest BCUT2D eigenvalue weighted by atomic mass is 9.89. The van der Waals surface area contributed by atoms with E-state index >= 15 is 0 Å². The van der Waals surface area contributed by atoms with Crippen LogP contribution in [0, 0.1) is 11.8 Å². The monoisotopic (exact) mass is 204 g/mol. The minimum absolute atomic E-state index is 0.910. The maximum atomic E-state index is 2.44. The second-order valence-corrected chi connectivity index (χ2v) is 5.28. The summed E-state index contributed by atoms with van der Waals surface area (Å²) in [6, 6.07) is 0. The van der Waals surface area contributed by atoms with Gasteiger partial charge in [0.05, 0.1) is 0 Å². The second-order valence-electron chi connectivity index (χ2n) is 5.28. The molecule has 2 rings (SSSR count). The lowest BCUT2D eigenvalue weighted by Crippen LogP contribution is -2.05. The van der Waals surface area contributed by atoms with Gasteiger partial charge in [-0.15, -0.1) is 0 Å². The Morgan fingerprint density at radius 3 is 2.87 bits per heavy atom. The third kappa shape index (κ3) is 2.96. The highest BCUT2D eigenvalue weighted by atomic mass is 14.3. The van der Waals surface area contributed by atoms with Crippen LogP contribution in [0.4, 0.5) is 0 Å². The van der Waals surface area contributed by atoms with Crippen LogP contribution in [0.2, 0.25) is 0 Å². The minimum atomic E-state index is 0.910. The molecule has 0 bridgehead atoms. The molecule has 1 fully saturated rings. The first-order valence-corrected chi connectivity index (χ1v) is 6.73. The molecular weight excluding hydrogens is 180 g/mol. The molecule has 0 spiro atoms. The zero-order chi connectivity index (χ0) is 10.5. The average molecular weight is 204 g/mol. The quantitative estimate of drug-likeness (QED) is 0.528.